The van der Waals surface area contributed by atoms with Crippen LogP contribution in [0.3, 0.4) is 0 Å². The van der Waals surface area contributed by atoms with E-state index in [1.807, 2.05) is 0 Å². The molecule has 4 atom stereocenters. The number of anilines is 1. The summed E-state index contributed by atoms with van der Waals surface area (Å²) in [5, 5.41) is 2.20. The smallest absolute Gasteiger partial charge is 0.349 e. The maximum Gasteiger partial charge on any atom is 0.349 e. The molecule has 4 rings (SSSR count). The Kier molecular flexibility index (Phi) is 8.10. The first-order chi connectivity index (χ1) is 18.6. The number of carbonyl (C=O) groups excluding carboxylic acids is 1. The fourth-order valence-electron chi connectivity index (χ4n) is 5.62. The van der Waals surface area contributed by atoms with E-state index in [-0.39, 0.29) is 50.6 Å². The molecule has 1 amide bonds. The zero-order valence-corrected chi connectivity index (χ0v) is 29.0. The SMILES string of the molecule is CC(C)C(=O)Nc1nc2c(ncn2[C@@H]2O[C@@H]3CO[Si](C(C)(C)C)(C(C)(C)C)O[C@H]3[C@H]2O[Si](C)(C)C(C)(C)C)c(=O)[nH]1. The summed E-state index contributed by atoms with van der Waals surface area (Å²) in [6.07, 6.45) is -0.356. The maximum absolute atomic E-state index is 13.0. The third-order valence-corrected chi connectivity index (χ3v) is 18.3. The van der Waals surface area contributed by atoms with E-state index < -0.39 is 34.8 Å². The van der Waals surface area contributed by atoms with E-state index in [9.17, 15) is 9.59 Å². The lowest BCUT2D eigenvalue weighted by Crippen LogP contribution is -2.66. The first kappa shape index (κ1) is 32.0. The van der Waals surface area contributed by atoms with E-state index in [4.69, 9.17) is 18.0 Å². The van der Waals surface area contributed by atoms with Crippen molar-refractivity contribution in [1.82, 2.24) is 19.5 Å². The highest BCUT2D eigenvalue weighted by Crippen LogP contribution is 2.56. The molecule has 0 unspecified atom stereocenters. The number of hydrogen-bond donors (Lipinski definition) is 2. The largest absolute Gasteiger partial charge is 0.407 e. The number of ether oxygens (including phenoxy) is 1. The molecule has 230 valence electrons. The highest BCUT2D eigenvalue weighted by molar-refractivity contribution is 6.74. The molecule has 0 bridgehead atoms. The molecule has 0 aromatic carbocycles. The Balaban J connectivity index is 1.83. The minimum absolute atomic E-state index is 0.0618. The summed E-state index contributed by atoms with van der Waals surface area (Å²) in [6, 6.07) is 0. The van der Waals surface area contributed by atoms with Gasteiger partial charge in [0.05, 0.1) is 12.9 Å². The van der Waals surface area contributed by atoms with Crippen LogP contribution in [0.2, 0.25) is 28.2 Å². The monoisotopic (exact) mass is 607 g/mol. The van der Waals surface area contributed by atoms with Crippen LogP contribution >= 0.6 is 0 Å². The molecule has 2 N–H and O–H groups in total. The number of nitrogens with one attached hydrogen (secondary N) is 2. The van der Waals surface area contributed by atoms with E-state index >= 15 is 0 Å². The second-order valence-corrected chi connectivity index (χ2v) is 24.8. The van der Waals surface area contributed by atoms with E-state index in [1.54, 1.807) is 24.7 Å². The summed E-state index contributed by atoms with van der Waals surface area (Å²) in [6.45, 7) is 28.1. The number of carbonyl (C=O) groups is 1. The van der Waals surface area contributed by atoms with Gasteiger partial charge in [0.15, 0.2) is 25.7 Å². The van der Waals surface area contributed by atoms with Crippen LogP contribution in [0.15, 0.2) is 11.1 Å². The van der Waals surface area contributed by atoms with Gasteiger partial charge in [0.1, 0.15) is 18.3 Å². The van der Waals surface area contributed by atoms with Crippen molar-refractivity contribution in [2.45, 2.75) is 129 Å². The van der Waals surface area contributed by atoms with Gasteiger partial charge in [-0.05, 0) is 18.1 Å². The average Bonchev–Trinajstić information content (AvgIpc) is 3.37. The van der Waals surface area contributed by atoms with Crippen molar-refractivity contribution in [3.63, 3.8) is 0 Å². The zero-order valence-electron chi connectivity index (χ0n) is 27.0. The second kappa shape index (κ2) is 10.4. The van der Waals surface area contributed by atoms with Crippen LogP contribution in [-0.2, 0) is 22.8 Å². The average molecular weight is 608 g/mol. The lowest BCUT2D eigenvalue weighted by molar-refractivity contribution is -0.118. The van der Waals surface area contributed by atoms with Gasteiger partial charge in [-0.25, -0.2) is 4.98 Å². The van der Waals surface area contributed by atoms with Crippen LogP contribution in [0.1, 0.15) is 82.4 Å². The molecule has 2 fully saturated rings. The predicted octanol–water partition coefficient (Wildman–Crippen LogP) is 5.46. The molecule has 2 saturated heterocycles. The van der Waals surface area contributed by atoms with Crippen molar-refractivity contribution in [3.8, 4) is 0 Å². The summed E-state index contributed by atoms with van der Waals surface area (Å²) < 4.78 is 29.4. The lowest BCUT2D eigenvalue weighted by atomic mass is 10.1. The third-order valence-electron chi connectivity index (χ3n) is 8.72. The summed E-state index contributed by atoms with van der Waals surface area (Å²) >= 11 is 0. The molecule has 2 aliphatic rings. The van der Waals surface area contributed by atoms with Crippen LogP contribution in [0, 0.1) is 5.92 Å². The molecule has 4 heterocycles. The Labute approximate surface area is 245 Å². The van der Waals surface area contributed by atoms with Crippen LogP contribution < -0.4 is 10.9 Å². The number of rotatable bonds is 5. The first-order valence-corrected chi connectivity index (χ1v) is 19.2. The van der Waals surface area contributed by atoms with Crippen LogP contribution in [0.4, 0.5) is 5.95 Å². The van der Waals surface area contributed by atoms with E-state index in [2.05, 4.69) is 95.7 Å². The number of hydrogen-bond acceptors (Lipinski definition) is 8. The highest BCUT2D eigenvalue weighted by Gasteiger charge is 2.66. The molecule has 0 spiro atoms. The first-order valence-electron chi connectivity index (χ1n) is 14.5. The van der Waals surface area contributed by atoms with E-state index in [0.717, 1.165) is 0 Å². The van der Waals surface area contributed by atoms with Crippen molar-refractivity contribution in [1.29, 1.82) is 0 Å². The van der Waals surface area contributed by atoms with Crippen molar-refractivity contribution >= 4 is 39.9 Å². The van der Waals surface area contributed by atoms with Gasteiger partial charge in [-0.3, -0.25) is 24.5 Å². The maximum atomic E-state index is 13.0. The Morgan fingerprint density at radius 2 is 1.76 bits per heavy atom. The molecule has 11 nitrogen and oxygen atoms in total. The molecule has 2 aliphatic heterocycles. The molecule has 0 saturated carbocycles. The third kappa shape index (κ3) is 5.61. The number of nitrogens with zero attached hydrogens (tertiary/aromatic N) is 3. The van der Waals surface area contributed by atoms with Crippen LogP contribution in [0.5, 0.6) is 0 Å². The van der Waals surface area contributed by atoms with E-state index in [1.165, 1.54) is 0 Å². The molecule has 2 aromatic rings. The fourth-order valence-corrected chi connectivity index (χ4v) is 11.9. The Bertz CT molecular complexity index is 1340. The standard InChI is InChI=1S/C28H49N5O6Si2/c1-16(2)22(34)31-25-30-21-18(23(35)32-25)29-15-33(21)24-20(38-40(12,13)26(3,4)5)19-17(37-24)14-36-41(39-19,27(6,7)8)28(9,10)11/h15-17,19-20,24H,14H2,1-13H3,(H2,30,31,32,34,35)/t17-,19-,20-,24-/m1/s1. The van der Waals surface area contributed by atoms with Gasteiger partial charge in [-0.1, -0.05) is 76.2 Å². The van der Waals surface area contributed by atoms with Gasteiger partial charge >= 0.3 is 8.56 Å². The molecule has 0 radical (unpaired) electrons. The Hall–Kier alpha value is -1.91. The van der Waals surface area contributed by atoms with Crippen molar-refractivity contribution in [2.24, 2.45) is 5.92 Å². The topological polar surface area (TPSA) is 130 Å². The predicted molar refractivity (Wildman–Crippen MR) is 164 cm³/mol. The number of amides is 1. The van der Waals surface area contributed by atoms with Gasteiger partial charge in [0.2, 0.25) is 11.9 Å². The van der Waals surface area contributed by atoms with Gasteiger partial charge in [-0.2, -0.15) is 4.98 Å². The van der Waals surface area contributed by atoms with Crippen LogP contribution in [0.25, 0.3) is 11.2 Å². The molecular formula is C28H49N5O6Si2. The van der Waals surface area contributed by atoms with E-state index in [0.29, 0.717) is 12.3 Å². The Morgan fingerprint density at radius 3 is 2.29 bits per heavy atom. The molecule has 13 heteroatoms. The number of aromatic amines is 1. The second-order valence-electron chi connectivity index (χ2n) is 15.3. The number of aromatic nitrogens is 4. The molecule has 0 aliphatic carbocycles. The fraction of sp³-hybridized carbons (Fsp3) is 0.786. The molecule has 41 heavy (non-hydrogen) atoms. The van der Waals surface area contributed by atoms with Crippen molar-refractivity contribution < 1.29 is 22.8 Å². The lowest BCUT2D eigenvalue weighted by Gasteiger charge is -2.54. The normalized spacial score (nSPS) is 25.5. The van der Waals surface area contributed by atoms with Crippen molar-refractivity contribution in [2.75, 3.05) is 11.9 Å². The van der Waals surface area contributed by atoms with Crippen LogP contribution in [-0.4, -0.2) is 67.2 Å². The van der Waals surface area contributed by atoms with Gasteiger partial charge in [0.25, 0.3) is 5.56 Å². The molecular weight excluding hydrogens is 559 g/mol. The number of fused-ring (bicyclic) bond motifs is 2. The number of H-pyrrole nitrogens is 1. The number of imidazole rings is 1. The zero-order chi connectivity index (χ0) is 30.9. The van der Waals surface area contributed by atoms with Crippen molar-refractivity contribution in [3.05, 3.63) is 16.7 Å². The Morgan fingerprint density at radius 1 is 1.15 bits per heavy atom. The summed E-state index contributed by atoms with van der Waals surface area (Å²) in [7, 11) is -5.16. The molecule has 2 aromatic heterocycles. The summed E-state index contributed by atoms with van der Waals surface area (Å²) in [5.41, 5.74) is 0.00952. The quantitative estimate of drug-likeness (QED) is 0.429. The highest BCUT2D eigenvalue weighted by atomic mass is 28.4. The summed E-state index contributed by atoms with van der Waals surface area (Å²) in [5.74, 6) is -0.472. The van der Waals surface area contributed by atoms with Gasteiger partial charge < -0.3 is 18.0 Å². The van der Waals surface area contributed by atoms with Gasteiger partial charge in [-0.15, -0.1) is 0 Å². The van der Waals surface area contributed by atoms with Gasteiger partial charge in [0, 0.05) is 16.0 Å². The minimum atomic E-state index is -2.84. The summed E-state index contributed by atoms with van der Waals surface area (Å²) in [4.78, 5) is 36.9. The minimum Gasteiger partial charge on any atom is -0.407 e.